The van der Waals surface area contributed by atoms with E-state index < -0.39 is 0 Å². The Morgan fingerprint density at radius 1 is 0.889 bits per heavy atom. The highest BCUT2D eigenvalue weighted by molar-refractivity contribution is 5.26. The van der Waals surface area contributed by atoms with Crippen LogP contribution in [0.15, 0.2) is 48.5 Å². The van der Waals surface area contributed by atoms with Gasteiger partial charge in [0.25, 0.3) is 0 Å². The maximum Gasteiger partial charge on any atom is -0.0187 e. The average Bonchev–Trinajstić information content (AvgIpc) is 2.36. The quantitative estimate of drug-likeness (QED) is 0.700. The van der Waals surface area contributed by atoms with Crippen LogP contribution in [0.4, 0.5) is 0 Å². The molecule has 0 N–H and O–H groups in total. The molecule has 0 bridgehead atoms. The van der Waals surface area contributed by atoms with Gasteiger partial charge >= 0.3 is 0 Å². The first-order valence-electron chi connectivity index (χ1n) is 6.77. The minimum absolute atomic E-state index is 0.630. The molecule has 0 saturated heterocycles. The lowest BCUT2D eigenvalue weighted by Gasteiger charge is -2.12. The molecular weight excluding hydrogens is 216 g/mol. The van der Waals surface area contributed by atoms with Gasteiger partial charge in [0.2, 0.25) is 0 Å². The summed E-state index contributed by atoms with van der Waals surface area (Å²) in [5.41, 5.74) is 5.63. The van der Waals surface area contributed by atoms with Crippen LogP contribution in [0.1, 0.15) is 41.5 Å². The third kappa shape index (κ3) is 3.46. The van der Waals surface area contributed by atoms with Crippen molar-refractivity contribution >= 4 is 0 Å². The van der Waals surface area contributed by atoms with Gasteiger partial charge in [-0.15, -0.1) is 0 Å². The van der Waals surface area contributed by atoms with Gasteiger partial charge in [-0.25, -0.2) is 0 Å². The van der Waals surface area contributed by atoms with Gasteiger partial charge in [0.05, 0.1) is 0 Å². The van der Waals surface area contributed by atoms with Crippen molar-refractivity contribution in [2.45, 2.75) is 39.5 Å². The molecule has 0 heteroatoms. The topological polar surface area (TPSA) is 0 Å². The van der Waals surface area contributed by atoms with Crippen LogP contribution in [0, 0.1) is 13.8 Å². The number of hydrogen-bond donors (Lipinski definition) is 0. The molecule has 0 aromatic heterocycles. The molecule has 0 radical (unpaired) electrons. The molecule has 1 atom stereocenters. The van der Waals surface area contributed by atoms with Gasteiger partial charge in [-0.3, -0.25) is 0 Å². The second kappa shape index (κ2) is 5.86. The van der Waals surface area contributed by atoms with Gasteiger partial charge in [0, 0.05) is 0 Å². The van der Waals surface area contributed by atoms with E-state index in [1.807, 2.05) is 0 Å². The molecule has 0 amide bonds. The van der Waals surface area contributed by atoms with Crippen molar-refractivity contribution in [1.29, 1.82) is 0 Å². The highest BCUT2D eigenvalue weighted by Crippen LogP contribution is 2.22. The van der Waals surface area contributed by atoms with Crippen molar-refractivity contribution in [1.82, 2.24) is 0 Å². The van der Waals surface area contributed by atoms with Gasteiger partial charge in [0.1, 0.15) is 0 Å². The molecule has 0 aliphatic rings. The first-order chi connectivity index (χ1) is 8.65. The number of hydrogen-bond acceptors (Lipinski definition) is 0. The summed E-state index contributed by atoms with van der Waals surface area (Å²) in [6.07, 6.45) is 2.38. The fourth-order valence-electron chi connectivity index (χ4n) is 2.39. The van der Waals surface area contributed by atoms with E-state index in [-0.39, 0.29) is 0 Å². The molecule has 0 aliphatic carbocycles. The Morgan fingerprint density at radius 2 is 1.56 bits per heavy atom. The molecular formula is C18H22. The van der Waals surface area contributed by atoms with Crippen LogP contribution >= 0.6 is 0 Å². The highest BCUT2D eigenvalue weighted by atomic mass is 14.1. The molecule has 2 rings (SSSR count). The first kappa shape index (κ1) is 12.9. The molecule has 0 spiro atoms. The molecule has 0 nitrogen and oxygen atoms in total. The van der Waals surface area contributed by atoms with Gasteiger partial charge in [-0.05, 0) is 43.7 Å². The largest absolute Gasteiger partial charge is 0.0617 e. The van der Waals surface area contributed by atoms with E-state index in [1.165, 1.54) is 28.7 Å². The summed E-state index contributed by atoms with van der Waals surface area (Å²) in [6, 6.07) is 17.7. The summed E-state index contributed by atoms with van der Waals surface area (Å²) in [4.78, 5) is 0. The summed E-state index contributed by atoms with van der Waals surface area (Å²) in [5.74, 6) is 0.630. The Bertz CT molecular complexity index is 511. The maximum absolute atomic E-state index is 2.32. The Balaban J connectivity index is 1.98. The number of aryl methyl sites for hydroxylation is 3. The zero-order valence-electron chi connectivity index (χ0n) is 11.6. The third-order valence-corrected chi connectivity index (χ3v) is 3.56. The Labute approximate surface area is 111 Å². The molecule has 0 heterocycles. The molecule has 0 fully saturated rings. The molecule has 0 saturated carbocycles. The van der Waals surface area contributed by atoms with Crippen LogP contribution in [0.5, 0.6) is 0 Å². The van der Waals surface area contributed by atoms with E-state index in [1.54, 1.807) is 0 Å². The summed E-state index contributed by atoms with van der Waals surface area (Å²) in [7, 11) is 0. The van der Waals surface area contributed by atoms with Crippen LogP contribution < -0.4 is 0 Å². The molecule has 0 aliphatic heterocycles. The molecule has 18 heavy (non-hydrogen) atoms. The van der Waals surface area contributed by atoms with Crippen molar-refractivity contribution in [2.24, 2.45) is 0 Å². The zero-order chi connectivity index (χ0) is 13.0. The van der Waals surface area contributed by atoms with Crippen molar-refractivity contribution in [2.75, 3.05) is 0 Å². The lowest BCUT2D eigenvalue weighted by molar-refractivity contribution is 0.679. The second-order valence-electron chi connectivity index (χ2n) is 5.34. The molecule has 2 aromatic carbocycles. The fraction of sp³-hybridized carbons (Fsp3) is 0.333. The standard InChI is InChI=1S/C18H22/c1-14-6-4-8-17(12-14)11-10-16(3)18-9-5-7-15(2)13-18/h4-9,12-13,16H,10-11H2,1-3H3. The van der Waals surface area contributed by atoms with Crippen LogP contribution in [0.3, 0.4) is 0 Å². The molecule has 2 aromatic rings. The van der Waals surface area contributed by atoms with Gasteiger partial charge < -0.3 is 0 Å². The Morgan fingerprint density at radius 3 is 2.22 bits per heavy atom. The second-order valence-corrected chi connectivity index (χ2v) is 5.34. The van der Waals surface area contributed by atoms with Gasteiger partial charge in [-0.2, -0.15) is 0 Å². The normalized spacial score (nSPS) is 12.4. The highest BCUT2D eigenvalue weighted by Gasteiger charge is 2.06. The van der Waals surface area contributed by atoms with Crippen molar-refractivity contribution in [3.05, 3.63) is 70.8 Å². The molecule has 1 unspecified atom stereocenters. The maximum atomic E-state index is 2.32. The number of rotatable bonds is 4. The van der Waals surface area contributed by atoms with Gasteiger partial charge in [0.15, 0.2) is 0 Å². The van der Waals surface area contributed by atoms with Crippen molar-refractivity contribution < 1.29 is 0 Å². The lowest BCUT2D eigenvalue weighted by Crippen LogP contribution is -1.97. The minimum atomic E-state index is 0.630. The average molecular weight is 238 g/mol. The fourth-order valence-corrected chi connectivity index (χ4v) is 2.39. The monoisotopic (exact) mass is 238 g/mol. The van der Waals surface area contributed by atoms with E-state index in [0.29, 0.717) is 5.92 Å². The zero-order valence-corrected chi connectivity index (χ0v) is 11.6. The van der Waals surface area contributed by atoms with Crippen molar-refractivity contribution in [3.63, 3.8) is 0 Å². The Hall–Kier alpha value is -1.56. The smallest absolute Gasteiger partial charge is 0.0187 e. The summed E-state index contributed by atoms with van der Waals surface area (Å²) >= 11 is 0. The van der Waals surface area contributed by atoms with Crippen LogP contribution in [-0.2, 0) is 6.42 Å². The summed E-state index contributed by atoms with van der Waals surface area (Å²) in [5, 5.41) is 0. The van der Waals surface area contributed by atoms with E-state index in [9.17, 15) is 0 Å². The van der Waals surface area contributed by atoms with Crippen LogP contribution in [0.2, 0.25) is 0 Å². The van der Waals surface area contributed by atoms with E-state index in [0.717, 1.165) is 6.42 Å². The van der Waals surface area contributed by atoms with Crippen LogP contribution in [-0.4, -0.2) is 0 Å². The summed E-state index contributed by atoms with van der Waals surface area (Å²) < 4.78 is 0. The lowest BCUT2D eigenvalue weighted by atomic mass is 9.93. The van der Waals surface area contributed by atoms with E-state index in [4.69, 9.17) is 0 Å². The van der Waals surface area contributed by atoms with Crippen LogP contribution in [0.25, 0.3) is 0 Å². The van der Waals surface area contributed by atoms with Crippen molar-refractivity contribution in [3.8, 4) is 0 Å². The third-order valence-electron chi connectivity index (χ3n) is 3.56. The predicted molar refractivity (Wildman–Crippen MR) is 79.1 cm³/mol. The predicted octanol–water partition coefficient (Wildman–Crippen LogP) is 5.04. The van der Waals surface area contributed by atoms with Gasteiger partial charge in [-0.1, -0.05) is 66.6 Å². The Kier molecular flexibility index (Phi) is 4.19. The summed E-state index contributed by atoms with van der Waals surface area (Å²) in [6.45, 7) is 6.65. The number of benzene rings is 2. The minimum Gasteiger partial charge on any atom is -0.0617 e. The first-order valence-corrected chi connectivity index (χ1v) is 6.77. The SMILES string of the molecule is Cc1cccc(CCC(C)c2cccc(C)c2)c1. The van der Waals surface area contributed by atoms with E-state index in [2.05, 4.69) is 69.3 Å². The van der Waals surface area contributed by atoms with E-state index >= 15 is 0 Å². The molecule has 94 valence electrons.